The lowest BCUT2D eigenvalue weighted by atomic mass is 10.1. The Balaban J connectivity index is 2.64. The van der Waals surface area contributed by atoms with Gasteiger partial charge in [-0.15, -0.1) is 0 Å². The Morgan fingerprint density at radius 2 is 1.80 bits per heavy atom. The monoisotopic (exact) mass is 196 g/mol. The SMILES string of the molecule is [O-][n+]1cc2ncccc2c2ccccc21. The smallest absolute Gasteiger partial charge is 0.224 e. The maximum absolute atomic E-state index is 11.7. The second-order valence-electron chi connectivity index (χ2n) is 3.41. The van der Waals surface area contributed by atoms with Crippen molar-refractivity contribution in [3.05, 3.63) is 54.0 Å². The summed E-state index contributed by atoms with van der Waals surface area (Å²) in [5, 5.41) is 13.6. The zero-order valence-electron chi connectivity index (χ0n) is 7.92. The number of pyridine rings is 2. The van der Waals surface area contributed by atoms with Gasteiger partial charge in [-0.1, -0.05) is 18.2 Å². The molecule has 3 heteroatoms. The number of benzene rings is 1. The van der Waals surface area contributed by atoms with Gasteiger partial charge < -0.3 is 5.21 Å². The van der Waals surface area contributed by atoms with Crippen LogP contribution in [0.3, 0.4) is 0 Å². The molecule has 0 saturated carbocycles. The van der Waals surface area contributed by atoms with Crippen LogP contribution in [0.25, 0.3) is 21.8 Å². The first-order valence-corrected chi connectivity index (χ1v) is 4.72. The lowest BCUT2D eigenvalue weighted by Crippen LogP contribution is -2.26. The molecule has 0 aliphatic rings. The van der Waals surface area contributed by atoms with E-state index in [9.17, 15) is 5.21 Å². The number of hydrogen-bond acceptors (Lipinski definition) is 2. The maximum atomic E-state index is 11.7. The molecule has 0 radical (unpaired) electrons. The van der Waals surface area contributed by atoms with E-state index < -0.39 is 0 Å². The third-order valence-corrected chi connectivity index (χ3v) is 2.51. The molecule has 0 aliphatic heterocycles. The molecule has 1 aromatic carbocycles. The van der Waals surface area contributed by atoms with Gasteiger partial charge >= 0.3 is 0 Å². The summed E-state index contributed by atoms with van der Waals surface area (Å²) < 4.78 is 0.866. The number of nitrogens with zero attached hydrogens (tertiary/aromatic N) is 2. The van der Waals surface area contributed by atoms with Gasteiger partial charge in [0.1, 0.15) is 5.52 Å². The minimum atomic E-state index is 0.679. The third-order valence-electron chi connectivity index (χ3n) is 2.51. The fourth-order valence-corrected chi connectivity index (χ4v) is 1.82. The number of aromatic nitrogens is 2. The van der Waals surface area contributed by atoms with E-state index in [0.717, 1.165) is 21.0 Å². The van der Waals surface area contributed by atoms with Crippen LogP contribution in [0.5, 0.6) is 0 Å². The molecule has 0 bridgehead atoms. The van der Waals surface area contributed by atoms with Gasteiger partial charge in [0.2, 0.25) is 11.7 Å². The van der Waals surface area contributed by atoms with Crippen molar-refractivity contribution in [2.75, 3.05) is 0 Å². The highest BCUT2D eigenvalue weighted by Gasteiger charge is 2.08. The van der Waals surface area contributed by atoms with Crippen LogP contribution in [0.4, 0.5) is 0 Å². The van der Waals surface area contributed by atoms with E-state index in [0.29, 0.717) is 5.52 Å². The summed E-state index contributed by atoms with van der Waals surface area (Å²) in [7, 11) is 0. The normalized spacial score (nSPS) is 10.9. The van der Waals surface area contributed by atoms with Gasteiger partial charge in [0.25, 0.3) is 0 Å². The van der Waals surface area contributed by atoms with Crippen molar-refractivity contribution >= 4 is 21.8 Å². The number of para-hydroxylation sites is 1. The van der Waals surface area contributed by atoms with Crippen molar-refractivity contribution in [3.8, 4) is 0 Å². The predicted molar refractivity (Wildman–Crippen MR) is 58.2 cm³/mol. The molecule has 0 saturated heterocycles. The minimum Gasteiger partial charge on any atom is -0.618 e. The van der Waals surface area contributed by atoms with Crippen molar-refractivity contribution in [2.45, 2.75) is 0 Å². The quantitative estimate of drug-likeness (QED) is 0.313. The molecule has 0 atom stereocenters. The average Bonchev–Trinajstić information content (AvgIpc) is 2.30. The lowest BCUT2D eigenvalue weighted by Gasteiger charge is -2.03. The molecule has 0 aliphatic carbocycles. The van der Waals surface area contributed by atoms with E-state index in [1.165, 1.54) is 6.20 Å². The predicted octanol–water partition coefficient (Wildman–Crippen LogP) is 2.02. The molecule has 0 N–H and O–H groups in total. The summed E-state index contributed by atoms with van der Waals surface area (Å²) in [6, 6.07) is 11.4. The Kier molecular flexibility index (Phi) is 1.59. The molecular weight excluding hydrogens is 188 g/mol. The van der Waals surface area contributed by atoms with E-state index in [1.807, 2.05) is 36.4 Å². The zero-order valence-corrected chi connectivity index (χ0v) is 7.92. The Morgan fingerprint density at radius 1 is 1.00 bits per heavy atom. The molecule has 3 nitrogen and oxygen atoms in total. The summed E-state index contributed by atoms with van der Waals surface area (Å²) in [5.74, 6) is 0. The van der Waals surface area contributed by atoms with Crippen LogP contribution in [-0.4, -0.2) is 4.98 Å². The summed E-state index contributed by atoms with van der Waals surface area (Å²) in [5.41, 5.74) is 1.41. The molecule has 2 aromatic heterocycles. The summed E-state index contributed by atoms with van der Waals surface area (Å²) in [4.78, 5) is 4.17. The Morgan fingerprint density at radius 3 is 2.73 bits per heavy atom. The Labute approximate surface area is 86.2 Å². The molecular formula is C12H8N2O. The van der Waals surface area contributed by atoms with Gasteiger partial charge in [-0.3, -0.25) is 0 Å². The largest absolute Gasteiger partial charge is 0.618 e. The fraction of sp³-hybridized carbons (Fsp3) is 0. The van der Waals surface area contributed by atoms with Crippen molar-refractivity contribution < 1.29 is 4.73 Å². The van der Waals surface area contributed by atoms with Crippen molar-refractivity contribution in [1.29, 1.82) is 0 Å². The first-order valence-electron chi connectivity index (χ1n) is 4.72. The molecule has 3 rings (SSSR count). The number of rotatable bonds is 0. The van der Waals surface area contributed by atoms with Crippen LogP contribution in [0.15, 0.2) is 48.8 Å². The van der Waals surface area contributed by atoms with Gasteiger partial charge in [-0.05, 0) is 12.1 Å². The second-order valence-corrected chi connectivity index (χ2v) is 3.41. The molecule has 72 valence electrons. The van der Waals surface area contributed by atoms with Gasteiger partial charge in [0.05, 0.1) is 5.39 Å². The molecule has 2 heterocycles. The van der Waals surface area contributed by atoms with Gasteiger partial charge in [0.15, 0.2) is 0 Å². The van der Waals surface area contributed by atoms with Gasteiger partial charge in [-0.25, -0.2) is 4.98 Å². The highest BCUT2D eigenvalue weighted by molar-refractivity contribution is 6.02. The van der Waals surface area contributed by atoms with E-state index in [2.05, 4.69) is 4.98 Å². The Bertz CT molecular complexity index is 649. The van der Waals surface area contributed by atoms with Crippen LogP contribution >= 0.6 is 0 Å². The summed E-state index contributed by atoms with van der Waals surface area (Å²) >= 11 is 0. The first kappa shape index (κ1) is 8.17. The van der Waals surface area contributed by atoms with Crippen LogP contribution in [0.2, 0.25) is 0 Å². The lowest BCUT2D eigenvalue weighted by molar-refractivity contribution is -0.575. The van der Waals surface area contributed by atoms with Crippen LogP contribution in [-0.2, 0) is 0 Å². The van der Waals surface area contributed by atoms with Crippen molar-refractivity contribution in [3.63, 3.8) is 0 Å². The molecule has 0 fully saturated rings. The standard InChI is InChI=1S/C12H8N2O/c15-14-8-11-9(5-3-7-13-11)10-4-1-2-6-12(10)14/h1-8H. The Hall–Kier alpha value is -2.16. The highest BCUT2D eigenvalue weighted by Crippen LogP contribution is 2.19. The van der Waals surface area contributed by atoms with Crippen LogP contribution in [0, 0.1) is 5.21 Å². The van der Waals surface area contributed by atoms with Gasteiger partial charge in [0, 0.05) is 17.6 Å². The summed E-state index contributed by atoms with van der Waals surface area (Å²) in [6.07, 6.45) is 3.20. The molecule has 0 unspecified atom stereocenters. The minimum absolute atomic E-state index is 0.679. The first-order chi connectivity index (χ1) is 7.36. The van der Waals surface area contributed by atoms with Crippen molar-refractivity contribution in [1.82, 2.24) is 4.98 Å². The molecule has 0 spiro atoms. The molecule has 3 aromatic rings. The maximum Gasteiger partial charge on any atom is 0.224 e. The van der Waals surface area contributed by atoms with E-state index >= 15 is 0 Å². The van der Waals surface area contributed by atoms with Gasteiger partial charge in [-0.2, -0.15) is 4.73 Å². The second kappa shape index (κ2) is 2.92. The van der Waals surface area contributed by atoms with Crippen molar-refractivity contribution in [2.24, 2.45) is 0 Å². The zero-order chi connectivity index (χ0) is 10.3. The average molecular weight is 196 g/mol. The number of hydrogen-bond donors (Lipinski definition) is 0. The molecule has 15 heavy (non-hydrogen) atoms. The topological polar surface area (TPSA) is 39.8 Å². The van der Waals surface area contributed by atoms with Crippen LogP contribution in [0.1, 0.15) is 0 Å². The van der Waals surface area contributed by atoms with E-state index in [1.54, 1.807) is 6.20 Å². The highest BCUT2D eigenvalue weighted by atomic mass is 16.5. The molecule has 0 amide bonds. The fourth-order valence-electron chi connectivity index (χ4n) is 1.82. The van der Waals surface area contributed by atoms with E-state index in [-0.39, 0.29) is 0 Å². The summed E-state index contributed by atoms with van der Waals surface area (Å²) in [6.45, 7) is 0. The number of fused-ring (bicyclic) bond motifs is 3. The third kappa shape index (κ3) is 1.13. The van der Waals surface area contributed by atoms with Crippen LogP contribution < -0.4 is 4.73 Å². The van der Waals surface area contributed by atoms with E-state index in [4.69, 9.17) is 0 Å².